The summed E-state index contributed by atoms with van der Waals surface area (Å²) in [4.78, 5) is 2.42. The van der Waals surface area contributed by atoms with Crippen molar-refractivity contribution in [1.82, 2.24) is 4.90 Å². The van der Waals surface area contributed by atoms with Gasteiger partial charge in [-0.25, -0.2) is 0 Å². The van der Waals surface area contributed by atoms with Crippen molar-refractivity contribution in [2.24, 2.45) is 11.8 Å². The Balaban J connectivity index is 3.24. The first-order chi connectivity index (χ1) is 7.56. The molecular weight excluding hydrogens is 198 g/mol. The molecule has 0 amide bonds. The van der Waals surface area contributed by atoms with E-state index in [2.05, 4.69) is 39.6 Å². The lowest BCUT2D eigenvalue weighted by Gasteiger charge is -2.20. The summed E-state index contributed by atoms with van der Waals surface area (Å²) in [6.45, 7) is 13.3. The van der Waals surface area contributed by atoms with Crippen LogP contribution in [-0.4, -0.2) is 38.3 Å². The van der Waals surface area contributed by atoms with Crippen LogP contribution in [0.2, 0.25) is 0 Å². The van der Waals surface area contributed by atoms with E-state index in [-0.39, 0.29) is 0 Å². The second kappa shape index (κ2) is 10.1. The molecule has 0 saturated heterocycles. The van der Waals surface area contributed by atoms with E-state index in [1.54, 1.807) is 0 Å². The summed E-state index contributed by atoms with van der Waals surface area (Å²) in [5, 5.41) is 0. The summed E-state index contributed by atoms with van der Waals surface area (Å²) in [7, 11) is 2.21. The van der Waals surface area contributed by atoms with Crippen LogP contribution in [0.4, 0.5) is 0 Å². The summed E-state index contributed by atoms with van der Waals surface area (Å²) in [6, 6.07) is 0. The normalized spacial score (nSPS) is 13.7. The Morgan fingerprint density at radius 3 is 2.38 bits per heavy atom. The van der Waals surface area contributed by atoms with Crippen LogP contribution < -0.4 is 0 Å². The third kappa shape index (κ3) is 10.4. The van der Waals surface area contributed by atoms with Crippen molar-refractivity contribution in [2.75, 3.05) is 33.4 Å². The minimum absolute atomic E-state index is 0.757. The number of rotatable bonds is 10. The van der Waals surface area contributed by atoms with E-state index < -0.39 is 0 Å². The average Bonchev–Trinajstić information content (AvgIpc) is 2.22. The fourth-order valence-corrected chi connectivity index (χ4v) is 1.61. The van der Waals surface area contributed by atoms with Gasteiger partial charge in [-0.1, -0.05) is 34.1 Å². The molecular formula is C14H31NO. The van der Waals surface area contributed by atoms with Crippen molar-refractivity contribution in [3.05, 3.63) is 0 Å². The Bertz CT molecular complexity index is 148. The molecule has 0 aliphatic carbocycles. The van der Waals surface area contributed by atoms with Gasteiger partial charge >= 0.3 is 0 Å². The van der Waals surface area contributed by atoms with E-state index in [1.807, 2.05) is 0 Å². The molecule has 1 atom stereocenters. The molecule has 0 aromatic heterocycles. The van der Waals surface area contributed by atoms with Crippen molar-refractivity contribution in [3.63, 3.8) is 0 Å². The SMILES string of the molecule is CCC(C)CN(C)CCCOCCC(C)C. The van der Waals surface area contributed by atoms with E-state index >= 15 is 0 Å². The molecule has 98 valence electrons. The van der Waals surface area contributed by atoms with Gasteiger partial charge in [-0.05, 0) is 31.7 Å². The van der Waals surface area contributed by atoms with Gasteiger partial charge < -0.3 is 9.64 Å². The Kier molecular flexibility index (Phi) is 10.0. The van der Waals surface area contributed by atoms with Crippen LogP contribution >= 0.6 is 0 Å². The zero-order valence-electron chi connectivity index (χ0n) is 12.0. The van der Waals surface area contributed by atoms with Crippen LogP contribution in [0.3, 0.4) is 0 Å². The monoisotopic (exact) mass is 229 g/mol. The van der Waals surface area contributed by atoms with E-state index in [0.717, 1.165) is 38.0 Å². The molecule has 0 fully saturated rings. The molecule has 0 aromatic carbocycles. The van der Waals surface area contributed by atoms with Gasteiger partial charge in [0, 0.05) is 26.3 Å². The van der Waals surface area contributed by atoms with Crippen molar-refractivity contribution >= 4 is 0 Å². The Morgan fingerprint density at radius 1 is 1.12 bits per heavy atom. The highest BCUT2D eigenvalue weighted by Crippen LogP contribution is 2.03. The highest BCUT2D eigenvalue weighted by atomic mass is 16.5. The summed E-state index contributed by atoms with van der Waals surface area (Å²) in [5.74, 6) is 1.57. The lowest BCUT2D eigenvalue weighted by molar-refractivity contribution is 0.113. The predicted octanol–water partition coefficient (Wildman–Crippen LogP) is 3.42. The Hall–Kier alpha value is -0.0800. The molecule has 0 heterocycles. The van der Waals surface area contributed by atoms with Gasteiger partial charge in [-0.2, -0.15) is 0 Å². The first-order valence-corrected chi connectivity index (χ1v) is 6.82. The maximum Gasteiger partial charge on any atom is 0.0478 e. The molecule has 2 nitrogen and oxygen atoms in total. The molecule has 0 rings (SSSR count). The molecule has 1 unspecified atom stereocenters. The third-order valence-corrected chi connectivity index (χ3v) is 2.99. The lowest BCUT2D eigenvalue weighted by atomic mass is 10.1. The highest BCUT2D eigenvalue weighted by molar-refractivity contribution is 4.57. The largest absolute Gasteiger partial charge is 0.381 e. The standard InChI is InChI=1S/C14H31NO/c1-6-14(4)12-15(5)9-7-10-16-11-8-13(2)3/h13-14H,6-12H2,1-5H3. The van der Waals surface area contributed by atoms with Gasteiger partial charge in [0.1, 0.15) is 0 Å². The van der Waals surface area contributed by atoms with Crippen LogP contribution in [0.1, 0.15) is 47.0 Å². The minimum atomic E-state index is 0.757. The van der Waals surface area contributed by atoms with Crippen LogP contribution in [0.15, 0.2) is 0 Å². The fraction of sp³-hybridized carbons (Fsp3) is 1.00. The Labute approximate surface area is 102 Å². The predicted molar refractivity (Wildman–Crippen MR) is 71.8 cm³/mol. The van der Waals surface area contributed by atoms with Gasteiger partial charge in [0.15, 0.2) is 0 Å². The van der Waals surface area contributed by atoms with Crippen molar-refractivity contribution < 1.29 is 4.74 Å². The molecule has 2 heteroatoms. The number of nitrogens with zero attached hydrogens (tertiary/aromatic N) is 1. The Morgan fingerprint density at radius 2 is 1.81 bits per heavy atom. The first-order valence-electron chi connectivity index (χ1n) is 6.82. The van der Waals surface area contributed by atoms with E-state index in [1.165, 1.54) is 19.4 Å². The average molecular weight is 229 g/mol. The minimum Gasteiger partial charge on any atom is -0.381 e. The van der Waals surface area contributed by atoms with E-state index in [9.17, 15) is 0 Å². The molecule has 0 spiro atoms. The van der Waals surface area contributed by atoms with E-state index in [4.69, 9.17) is 4.74 Å². The number of hydrogen-bond donors (Lipinski definition) is 0. The van der Waals surface area contributed by atoms with Gasteiger partial charge in [-0.3, -0.25) is 0 Å². The van der Waals surface area contributed by atoms with Crippen LogP contribution in [-0.2, 0) is 4.74 Å². The first kappa shape index (κ1) is 15.9. The van der Waals surface area contributed by atoms with Crippen molar-refractivity contribution in [2.45, 2.75) is 47.0 Å². The molecule has 0 aromatic rings. The van der Waals surface area contributed by atoms with Crippen molar-refractivity contribution in [1.29, 1.82) is 0 Å². The molecule has 0 aliphatic heterocycles. The highest BCUT2D eigenvalue weighted by Gasteiger charge is 2.03. The smallest absolute Gasteiger partial charge is 0.0478 e. The fourth-order valence-electron chi connectivity index (χ4n) is 1.61. The van der Waals surface area contributed by atoms with Crippen LogP contribution in [0, 0.1) is 11.8 Å². The van der Waals surface area contributed by atoms with Crippen LogP contribution in [0.25, 0.3) is 0 Å². The maximum atomic E-state index is 5.60. The van der Waals surface area contributed by atoms with Crippen LogP contribution in [0.5, 0.6) is 0 Å². The van der Waals surface area contributed by atoms with Gasteiger partial charge in [0.25, 0.3) is 0 Å². The maximum absolute atomic E-state index is 5.60. The second-order valence-electron chi connectivity index (χ2n) is 5.42. The number of ether oxygens (including phenoxy) is 1. The molecule has 0 aliphatic rings. The van der Waals surface area contributed by atoms with Gasteiger partial charge in [0.2, 0.25) is 0 Å². The zero-order valence-corrected chi connectivity index (χ0v) is 12.0. The van der Waals surface area contributed by atoms with E-state index in [0.29, 0.717) is 0 Å². The third-order valence-electron chi connectivity index (χ3n) is 2.99. The molecule has 0 N–H and O–H groups in total. The molecule has 16 heavy (non-hydrogen) atoms. The quantitative estimate of drug-likeness (QED) is 0.532. The summed E-state index contributed by atoms with van der Waals surface area (Å²) < 4.78 is 5.60. The number of hydrogen-bond acceptors (Lipinski definition) is 2. The topological polar surface area (TPSA) is 12.5 Å². The summed E-state index contributed by atoms with van der Waals surface area (Å²) in [6.07, 6.45) is 3.61. The molecule has 0 saturated carbocycles. The molecule has 0 bridgehead atoms. The second-order valence-corrected chi connectivity index (χ2v) is 5.42. The lowest BCUT2D eigenvalue weighted by Crippen LogP contribution is -2.26. The summed E-state index contributed by atoms with van der Waals surface area (Å²) in [5.41, 5.74) is 0. The molecule has 0 radical (unpaired) electrons. The zero-order chi connectivity index (χ0) is 12.4. The summed E-state index contributed by atoms with van der Waals surface area (Å²) >= 11 is 0. The van der Waals surface area contributed by atoms with Gasteiger partial charge in [-0.15, -0.1) is 0 Å². The van der Waals surface area contributed by atoms with Crippen molar-refractivity contribution in [3.8, 4) is 0 Å². The van der Waals surface area contributed by atoms with Gasteiger partial charge in [0.05, 0.1) is 0 Å².